The van der Waals surface area contributed by atoms with E-state index >= 15 is 0 Å². The third-order valence-electron chi connectivity index (χ3n) is 5.83. The minimum Gasteiger partial charge on any atom is -0.481 e. The summed E-state index contributed by atoms with van der Waals surface area (Å²) in [7, 11) is 0. The van der Waals surface area contributed by atoms with Gasteiger partial charge in [-0.05, 0) is 63.0 Å². The molecule has 2 unspecified atom stereocenters. The number of allylic oxidation sites excluding steroid dienone is 3. The topological polar surface area (TPSA) is 83.8 Å². The molecule has 2 N–H and O–H groups in total. The third-order valence-corrected chi connectivity index (χ3v) is 5.83. The van der Waals surface area contributed by atoms with Crippen LogP contribution in [0.2, 0.25) is 0 Å². The minimum atomic E-state index is -0.778. The van der Waals surface area contributed by atoms with Gasteiger partial charge in [-0.25, -0.2) is 0 Å². The lowest BCUT2D eigenvalue weighted by atomic mass is 9.91. The van der Waals surface area contributed by atoms with Crippen molar-refractivity contribution in [3.63, 3.8) is 0 Å². The number of aliphatic carboxylic acids is 1. The fourth-order valence-corrected chi connectivity index (χ4v) is 4.11. The Morgan fingerprint density at radius 1 is 1.25 bits per heavy atom. The van der Waals surface area contributed by atoms with Crippen LogP contribution in [0.15, 0.2) is 48.6 Å². The minimum absolute atomic E-state index is 0.0431. The molecule has 0 spiro atoms. The normalized spacial score (nSPS) is 20.1. The average Bonchev–Trinajstić information content (AvgIpc) is 3.08. The Kier molecular flexibility index (Phi) is 11.4. The number of benzene rings is 1. The van der Waals surface area contributed by atoms with Crippen LogP contribution < -0.4 is 0 Å². The van der Waals surface area contributed by atoms with Crippen LogP contribution in [0.4, 0.5) is 0 Å². The Labute approximate surface area is 192 Å². The zero-order chi connectivity index (χ0) is 23.3. The highest BCUT2D eigenvalue weighted by Crippen LogP contribution is 2.33. The van der Waals surface area contributed by atoms with E-state index < -0.39 is 12.1 Å². The van der Waals surface area contributed by atoms with Crippen LogP contribution in [-0.2, 0) is 27.2 Å². The number of rotatable bonds is 14. The zero-order valence-corrected chi connectivity index (χ0v) is 19.4. The van der Waals surface area contributed by atoms with Gasteiger partial charge in [-0.2, -0.15) is 0 Å². The van der Waals surface area contributed by atoms with E-state index in [1.165, 1.54) is 5.56 Å². The summed E-state index contributed by atoms with van der Waals surface area (Å²) < 4.78 is 5.62. The first-order chi connectivity index (χ1) is 15.3. The van der Waals surface area contributed by atoms with Crippen molar-refractivity contribution in [2.45, 2.75) is 77.4 Å². The van der Waals surface area contributed by atoms with E-state index in [1.54, 1.807) is 0 Å². The molecule has 3 atom stereocenters. The Balaban J connectivity index is 1.82. The number of carbonyl (C=O) groups excluding carboxylic acids is 1. The first-order valence-corrected chi connectivity index (χ1v) is 11.8. The predicted octanol–water partition coefficient (Wildman–Crippen LogP) is 4.91. The second kappa shape index (κ2) is 14.0. The molecule has 2 rings (SSSR count). The SMILES string of the molecule is CC(C)OCCc1cccc(CC(O)/C=C/C2CCC(=O)[C@@H]2C/C=C\CCCC(=O)O)c1. The Hall–Kier alpha value is -2.24. The van der Waals surface area contributed by atoms with Crippen LogP contribution in [0, 0.1) is 11.8 Å². The molecule has 1 aliphatic rings. The highest BCUT2D eigenvalue weighted by atomic mass is 16.5. The molecule has 1 aromatic carbocycles. The predicted molar refractivity (Wildman–Crippen MR) is 127 cm³/mol. The van der Waals surface area contributed by atoms with Crippen molar-refractivity contribution < 1.29 is 24.5 Å². The number of carbonyl (C=O) groups is 2. The Morgan fingerprint density at radius 2 is 2.03 bits per heavy atom. The molecule has 1 aliphatic carbocycles. The van der Waals surface area contributed by atoms with Gasteiger partial charge >= 0.3 is 5.97 Å². The summed E-state index contributed by atoms with van der Waals surface area (Å²) in [5, 5.41) is 19.2. The van der Waals surface area contributed by atoms with Crippen molar-refractivity contribution >= 4 is 11.8 Å². The molecule has 176 valence electrons. The van der Waals surface area contributed by atoms with Crippen molar-refractivity contribution in [2.24, 2.45) is 11.8 Å². The number of carboxylic acids is 1. The summed E-state index contributed by atoms with van der Waals surface area (Å²) in [5.41, 5.74) is 2.29. The Bertz CT molecular complexity index is 780. The van der Waals surface area contributed by atoms with Crippen LogP contribution in [0.25, 0.3) is 0 Å². The quantitative estimate of drug-likeness (QED) is 0.316. The molecular formula is C27H38O5. The van der Waals surface area contributed by atoms with E-state index in [1.807, 2.05) is 50.3 Å². The van der Waals surface area contributed by atoms with Gasteiger partial charge < -0.3 is 14.9 Å². The largest absolute Gasteiger partial charge is 0.481 e. The van der Waals surface area contributed by atoms with Crippen LogP contribution >= 0.6 is 0 Å². The lowest BCUT2D eigenvalue weighted by Crippen LogP contribution is -2.14. The van der Waals surface area contributed by atoms with Gasteiger partial charge in [0.25, 0.3) is 0 Å². The number of carboxylic acid groups (broad SMARTS) is 1. The second-order valence-electron chi connectivity index (χ2n) is 8.91. The van der Waals surface area contributed by atoms with Gasteiger partial charge in [0.15, 0.2) is 0 Å². The van der Waals surface area contributed by atoms with Gasteiger partial charge in [0, 0.05) is 25.2 Å². The molecule has 1 saturated carbocycles. The fraction of sp³-hybridized carbons (Fsp3) is 0.556. The molecular weight excluding hydrogens is 404 g/mol. The molecule has 0 amide bonds. The number of aliphatic hydroxyl groups excluding tert-OH is 1. The molecule has 0 bridgehead atoms. The van der Waals surface area contributed by atoms with E-state index in [-0.39, 0.29) is 30.1 Å². The summed E-state index contributed by atoms with van der Waals surface area (Å²) >= 11 is 0. The van der Waals surface area contributed by atoms with Crippen LogP contribution in [-0.4, -0.2) is 40.8 Å². The molecule has 0 radical (unpaired) electrons. The van der Waals surface area contributed by atoms with Crippen molar-refractivity contribution in [3.05, 3.63) is 59.7 Å². The third kappa shape index (κ3) is 9.92. The summed E-state index contributed by atoms with van der Waals surface area (Å²) in [4.78, 5) is 22.8. The molecule has 1 aromatic rings. The first kappa shape index (κ1) is 26.0. The summed E-state index contributed by atoms with van der Waals surface area (Å²) in [6.45, 7) is 4.75. The fourth-order valence-electron chi connectivity index (χ4n) is 4.11. The number of aliphatic hydroxyl groups is 1. The molecule has 0 aromatic heterocycles. The van der Waals surface area contributed by atoms with Crippen LogP contribution in [0.3, 0.4) is 0 Å². The number of unbranched alkanes of at least 4 members (excludes halogenated alkanes) is 1. The average molecular weight is 443 g/mol. The number of hydrogen-bond donors (Lipinski definition) is 2. The molecule has 5 nitrogen and oxygen atoms in total. The van der Waals surface area contributed by atoms with Gasteiger partial charge in [-0.1, -0.05) is 48.6 Å². The van der Waals surface area contributed by atoms with Gasteiger partial charge in [-0.3, -0.25) is 9.59 Å². The monoisotopic (exact) mass is 442 g/mol. The van der Waals surface area contributed by atoms with Gasteiger partial charge in [0.05, 0.1) is 18.8 Å². The molecule has 1 fully saturated rings. The lowest BCUT2D eigenvalue weighted by molar-refractivity contribution is -0.137. The second-order valence-corrected chi connectivity index (χ2v) is 8.91. The van der Waals surface area contributed by atoms with Gasteiger partial charge in [-0.15, -0.1) is 0 Å². The molecule has 0 heterocycles. The molecule has 0 saturated heterocycles. The highest BCUT2D eigenvalue weighted by Gasteiger charge is 2.31. The van der Waals surface area contributed by atoms with Gasteiger partial charge in [0.1, 0.15) is 5.78 Å². The first-order valence-electron chi connectivity index (χ1n) is 11.8. The zero-order valence-electron chi connectivity index (χ0n) is 19.4. The maximum Gasteiger partial charge on any atom is 0.303 e. The van der Waals surface area contributed by atoms with E-state index in [9.17, 15) is 14.7 Å². The summed E-state index contributed by atoms with van der Waals surface area (Å²) in [5.74, 6) is -0.389. The highest BCUT2D eigenvalue weighted by molar-refractivity contribution is 5.83. The van der Waals surface area contributed by atoms with E-state index in [0.717, 1.165) is 24.8 Å². The summed E-state index contributed by atoms with van der Waals surface area (Å²) in [6, 6.07) is 8.25. The van der Waals surface area contributed by atoms with Gasteiger partial charge in [0.2, 0.25) is 0 Å². The van der Waals surface area contributed by atoms with E-state index in [4.69, 9.17) is 9.84 Å². The molecule has 0 aliphatic heterocycles. The number of ketones is 1. The summed E-state index contributed by atoms with van der Waals surface area (Å²) in [6.07, 6.45) is 12.5. The maximum absolute atomic E-state index is 12.3. The van der Waals surface area contributed by atoms with Crippen molar-refractivity contribution in [2.75, 3.05) is 6.61 Å². The standard InChI is InChI=1S/C27H38O5/c1-20(2)32-17-16-21-8-7-9-22(18-21)19-24(28)14-12-23-13-15-26(29)25(23)10-5-3-4-6-11-27(30)31/h3,5,7-9,12,14,18,20,23-25,28H,4,6,10-11,13,15-17,19H2,1-2H3,(H,30,31)/b5-3-,14-12+/t23?,24?,25-/m1/s1. The van der Waals surface area contributed by atoms with E-state index in [2.05, 4.69) is 12.1 Å². The van der Waals surface area contributed by atoms with Crippen LogP contribution in [0.1, 0.15) is 63.5 Å². The van der Waals surface area contributed by atoms with Crippen molar-refractivity contribution in [1.82, 2.24) is 0 Å². The number of hydrogen-bond acceptors (Lipinski definition) is 4. The maximum atomic E-state index is 12.3. The molecule has 5 heteroatoms. The van der Waals surface area contributed by atoms with Crippen molar-refractivity contribution in [3.8, 4) is 0 Å². The lowest BCUT2D eigenvalue weighted by Gasteiger charge is -2.14. The van der Waals surface area contributed by atoms with Crippen molar-refractivity contribution in [1.29, 1.82) is 0 Å². The Morgan fingerprint density at radius 3 is 2.78 bits per heavy atom. The number of Topliss-reactive ketones (excluding diaryl/α,β-unsaturated/α-hetero) is 1. The smallest absolute Gasteiger partial charge is 0.303 e. The molecule has 32 heavy (non-hydrogen) atoms. The van der Waals surface area contributed by atoms with Crippen LogP contribution in [0.5, 0.6) is 0 Å². The number of ether oxygens (including phenoxy) is 1. The van der Waals surface area contributed by atoms with E-state index in [0.29, 0.717) is 32.3 Å².